The van der Waals surface area contributed by atoms with E-state index in [0.29, 0.717) is 39.4 Å². The van der Waals surface area contributed by atoms with Crippen molar-refractivity contribution in [3.63, 3.8) is 0 Å². The molecule has 41 heavy (non-hydrogen) atoms. The molecule has 2 fully saturated rings. The second-order valence-electron chi connectivity index (χ2n) is 11.9. The Morgan fingerprint density at radius 2 is 1.76 bits per heavy atom. The number of halogens is 3. The number of benzene rings is 2. The second kappa shape index (κ2) is 10.9. The second-order valence-corrected chi connectivity index (χ2v) is 12.7. The monoisotopic (exact) mass is 597 g/mol. The maximum absolute atomic E-state index is 16.6. The fraction of sp³-hybridized carbons (Fsp3) is 0.438. The van der Waals surface area contributed by atoms with E-state index >= 15 is 4.39 Å². The van der Waals surface area contributed by atoms with E-state index < -0.39 is 17.1 Å². The first-order valence-corrected chi connectivity index (χ1v) is 14.9. The lowest BCUT2D eigenvalue weighted by Crippen LogP contribution is -2.47. The number of nitrogens with zero attached hydrogens (tertiary/aromatic N) is 3. The highest BCUT2D eigenvalue weighted by Gasteiger charge is 2.55. The number of ether oxygens (including phenoxy) is 1. The Bertz CT molecular complexity index is 1440. The molecule has 1 unspecified atom stereocenters. The average molecular weight is 599 g/mol. The van der Waals surface area contributed by atoms with Gasteiger partial charge in [0.15, 0.2) is 5.72 Å². The summed E-state index contributed by atoms with van der Waals surface area (Å²) < 4.78 is 23.3. The van der Waals surface area contributed by atoms with Crippen molar-refractivity contribution < 1.29 is 19.0 Å². The third-order valence-electron chi connectivity index (χ3n) is 8.95. The van der Waals surface area contributed by atoms with Gasteiger partial charge in [-0.2, -0.15) is 0 Å². The first-order chi connectivity index (χ1) is 19.6. The Morgan fingerprint density at radius 3 is 2.39 bits per heavy atom. The molecule has 2 atom stereocenters. The van der Waals surface area contributed by atoms with Gasteiger partial charge in [-0.25, -0.2) is 4.39 Å². The summed E-state index contributed by atoms with van der Waals surface area (Å²) >= 11 is 12.3. The molecule has 2 aliphatic heterocycles. The molecule has 0 spiro atoms. The summed E-state index contributed by atoms with van der Waals surface area (Å²) in [6, 6.07) is 13.5. The highest BCUT2D eigenvalue weighted by molar-refractivity contribution is 6.30. The Morgan fingerprint density at radius 1 is 1.07 bits per heavy atom. The molecule has 1 N–H and O–H groups in total. The fourth-order valence-corrected chi connectivity index (χ4v) is 6.46. The van der Waals surface area contributed by atoms with Crippen LogP contribution < -0.4 is 0 Å². The van der Waals surface area contributed by atoms with Gasteiger partial charge in [0.05, 0.1) is 40.6 Å². The van der Waals surface area contributed by atoms with Crippen molar-refractivity contribution in [2.24, 2.45) is 11.8 Å². The topological polar surface area (TPSA) is 65.9 Å². The van der Waals surface area contributed by atoms with Crippen LogP contribution in [0.1, 0.15) is 65.3 Å². The number of aliphatic hydroxyl groups is 1. The first kappa shape index (κ1) is 28.6. The molecule has 1 saturated carbocycles. The number of aromatic nitrogens is 1. The van der Waals surface area contributed by atoms with Crippen molar-refractivity contribution >= 4 is 29.1 Å². The summed E-state index contributed by atoms with van der Waals surface area (Å²) in [7, 11) is 2.06. The zero-order valence-electron chi connectivity index (χ0n) is 23.2. The molecule has 3 aliphatic rings. The molecule has 0 radical (unpaired) electrons. The summed E-state index contributed by atoms with van der Waals surface area (Å²) in [6.45, 7) is 3.87. The molecule has 6 nitrogen and oxygen atoms in total. The minimum atomic E-state index is -1.54. The molecular weight excluding hydrogens is 564 g/mol. The van der Waals surface area contributed by atoms with Crippen LogP contribution >= 0.6 is 23.2 Å². The largest absolute Gasteiger partial charge is 0.385 e. The van der Waals surface area contributed by atoms with E-state index in [4.69, 9.17) is 27.9 Å². The third-order valence-corrected chi connectivity index (χ3v) is 9.43. The Kier molecular flexibility index (Phi) is 7.62. The molecule has 216 valence electrons. The number of hydrogen-bond acceptors (Lipinski definition) is 5. The van der Waals surface area contributed by atoms with Crippen LogP contribution in [0.15, 0.2) is 54.7 Å². The lowest BCUT2D eigenvalue weighted by Gasteiger charge is -2.40. The van der Waals surface area contributed by atoms with Crippen molar-refractivity contribution in [1.82, 2.24) is 14.8 Å². The minimum absolute atomic E-state index is 0.0610. The minimum Gasteiger partial charge on any atom is -0.385 e. The van der Waals surface area contributed by atoms with Gasteiger partial charge in [0.1, 0.15) is 5.82 Å². The quantitative estimate of drug-likeness (QED) is 0.327. The van der Waals surface area contributed by atoms with Crippen LogP contribution in [0.3, 0.4) is 0 Å². The van der Waals surface area contributed by atoms with Crippen LogP contribution in [0.2, 0.25) is 10.0 Å². The third kappa shape index (κ3) is 5.28. The smallest absolute Gasteiger partial charge is 0.257 e. The van der Waals surface area contributed by atoms with Crippen LogP contribution in [0.4, 0.5) is 4.39 Å². The lowest BCUT2D eigenvalue weighted by atomic mass is 9.76. The number of hydrogen-bond donors (Lipinski definition) is 1. The van der Waals surface area contributed by atoms with Crippen LogP contribution in [0.25, 0.3) is 0 Å². The lowest BCUT2D eigenvalue weighted by molar-refractivity contribution is -0.117. The number of rotatable bonds is 8. The molecule has 2 aromatic carbocycles. The van der Waals surface area contributed by atoms with Crippen molar-refractivity contribution in [1.29, 1.82) is 0 Å². The van der Waals surface area contributed by atoms with Crippen molar-refractivity contribution in [2.45, 2.75) is 50.5 Å². The van der Waals surface area contributed by atoms with Gasteiger partial charge >= 0.3 is 0 Å². The van der Waals surface area contributed by atoms with Gasteiger partial charge in [-0.15, -0.1) is 0 Å². The number of piperidine rings is 1. The van der Waals surface area contributed by atoms with E-state index in [2.05, 4.69) is 16.9 Å². The standard InChI is InChI=1S/C32H34Cl2FN3O3/c1-31(40,21-11-13-37(2)14-12-21)23-15-27-29(28(35)16-23)32(41-19-20-3-4-20,22-5-7-24(33)8-6-22)38(30(27)39)18-26-10-9-25(34)17-36-26/h5-10,15-17,20-21,40H,3-4,11-14,18-19H2,1-2H3/t31?,32-/m1/s1. The molecule has 1 saturated heterocycles. The summed E-state index contributed by atoms with van der Waals surface area (Å²) in [5, 5.41) is 12.7. The number of amides is 1. The highest BCUT2D eigenvalue weighted by atomic mass is 35.5. The summed E-state index contributed by atoms with van der Waals surface area (Å²) in [5.41, 5.74) is -0.922. The van der Waals surface area contributed by atoms with Crippen LogP contribution in [0, 0.1) is 17.7 Å². The van der Waals surface area contributed by atoms with Crippen LogP contribution in [-0.2, 0) is 22.6 Å². The van der Waals surface area contributed by atoms with Crippen LogP contribution in [-0.4, -0.2) is 52.5 Å². The number of pyridine rings is 1. The molecular formula is C32H34Cl2FN3O3. The number of carbonyl (C=O) groups excluding carboxylic acids is 1. The number of fused-ring (bicyclic) bond motifs is 1. The first-order valence-electron chi connectivity index (χ1n) is 14.2. The molecule has 1 aliphatic carbocycles. The molecule has 3 heterocycles. The van der Waals surface area contributed by atoms with Gasteiger partial charge in [0, 0.05) is 16.8 Å². The van der Waals surface area contributed by atoms with Crippen LogP contribution in [0.5, 0.6) is 0 Å². The summed E-state index contributed by atoms with van der Waals surface area (Å²) in [6.07, 6.45) is 5.14. The zero-order valence-corrected chi connectivity index (χ0v) is 24.8. The molecule has 6 rings (SSSR count). The molecule has 9 heteroatoms. The Balaban J connectivity index is 1.50. The van der Waals surface area contributed by atoms with E-state index in [0.717, 1.165) is 38.8 Å². The average Bonchev–Trinajstić information content (AvgIpc) is 3.75. The van der Waals surface area contributed by atoms with E-state index in [1.165, 1.54) is 12.3 Å². The zero-order chi connectivity index (χ0) is 28.9. The fourth-order valence-electron chi connectivity index (χ4n) is 6.22. The van der Waals surface area contributed by atoms with Crippen molar-refractivity contribution in [3.8, 4) is 0 Å². The number of likely N-dealkylation sites (tertiary alicyclic amines) is 1. The van der Waals surface area contributed by atoms with Crippen molar-refractivity contribution in [2.75, 3.05) is 26.7 Å². The van der Waals surface area contributed by atoms with E-state index in [1.807, 2.05) is 0 Å². The normalized spacial score (nSPS) is 23.1. The van der Waals surface area contributed by atoms with E-state index in [1.54, 1.807) is 54.3 Å². The highest BCUT2D eigenvalue weighted by Crippen LogP contribution is 2.50. The van der Waals surface area contributed by atoms with Gasteiger partial charge in [-0.1, -0.05) is 35.3 Å². The van der Waals surface area contributed by atoms with Gasteiger partial charge in [-0.3, -0.25) is 14.7 Å². The SMILES string of the molecule is CN1CCC(C(C)(O)c2cc(F)c3c(c2)C(=O)N(Cc2ccc(Cl)cn2)[C@@]3(OCC2CC2)c2ccc(Cl)cc2)CC1. The van der Waals surface area contributed by atoms with Gasteiger partial charge < -0.3 is 14.7 Å². The molecule has 1 aromatic heterocycles. The molecule has 0 bridgehead atoms. The summed E-state index contributed by atoms with van der Waals surface area (Å²) in [5.74, 6) is -0.686. The van der Waals surface area contributed by atoms with E-state index in [9.17, 15) is 9.90 Å². The van der Waals surface area contributed by atoms with Crippen molar-refractivity contribution in [3.05, 3.63) is 98.5 Å². The predicted octanol–water partition coefficient (Wildman–Crippen LogP) is 6.36. The maximum Gasteiger partial charge on any atom is 0.257 e. The Hall–Kier alpha value is -2.55. The Labute approximate surface area is 250 Å². The maximum atomic E-state index is 16.6. The van der Waals surface area contributed by atoms with Gasteiger partial charge in [-0.05, 0) is 107 Å². The van der Waals surface area contributed by atoms with Gasteiger partial charge in [0.25, 0.3) is 5.91 Å². The molecule has 3 aromatic rings. The number of carbonyl (C=O) groups is 1. The van der Waals surface area contributed by atoms with Gasteiger partial charge in [0.2, 0.25) is 0 Å². The summed E-state index contributed by atoms with van der Waals surface area (Å²) in [4.78, 5) is 22.5. The predicted molar refractivity (Wildman–Crippen MR) is 156 cm³/mol. The van der Waals surface area contributed by atoms with E-state index in [-0.39, 0.29) is 29.5 Å². The molecule has 1 amide bonds.